The Kier molecular flexibility index (Phi) is 3.37. The largest absolute Gasteiger partial charge is 0.363 e. The molecule has 0 saturated heterocycles. The highest BCUT2D eigenvalue weighted by molar-refractivity contribution is 5.87. The SMILES string of the molecule is [CH2][C@H]1C=C[C@H](n2ccc3c(N[C@H]4CCc5ccccc54)ncnc32)C1. The number of aryl methyl sites for hydroxylation is 1. The highest BCUT2D eigenvalue weighted by atomic mass is 15.1. The van der Waals surface area contributed by atoms with E-state index in [4.69, 9.17) is 0 Å². The molecule has 25 heavy (non-hydrogen) atoms. The molecule has 1 N–H and O–H groups in total. The van der Waals surface area contributed by atoms with Gasteiger partial charge in [-0.05, 0) is 49.3 Å². The van der Waals surface area contributed by atoms with Crippen LogP contribution >= 0.6 is 0 Å². The predicted molar refractivity (Wildman–Crippen MR) is 100 cm³/mol. The van der Waals surface area contributed by atoms with Gasteiger partial charge in [-0.25, -0.2) is 9.97 Å². The zero-order valence-electron chi connectivity index (χ0n) is 14.1. The van der Waals surface area contributed by atoms with Gasteiger partial charge in [0.05, 0.1) is 17.5 Å². The van der Waals surface area contributed by atoms with Crippen molar-refractivity contribution < 1.29 is 0 Å². The molecule has 0 fully saturated rings. The summed E-state index contributed by atoms with van der Waals surface area (Å²) in [5.74, 6) is 1.32. The first-order chi connectivity index (χ1) is 12.3. The van der Waals surface area contributed by atoms with Crippen molar-refractivity contribution in [3.63, 3.8) is 0 Å². The maximum atomic E-state index is 4.55. The highest BCUT2D eigenvalue weighted by Gasteiger charge is 2.24. The molecular weight excluding hydrogens is 308 g/mol. The fraction of sp³-hybridized carbons (Fsp3) is 0.286. The van der Waals surface area contributed by atoms with Crippen LogP contribution in [0.3, 0.4) is 0 Å². The first kappa shape index (κ1) is 14.7. The van der Waals surface area contributed by atoms with Crippen molar-refractivity contribution >= 4 is 16.9 Å². The standard InChI is InChI=1S/C21H21N4/c1-14-6-8-16(12-14)25-11-10-18-20(22-13-23-21(18)25)24-19-9-7-15-4-2-3-5-17(15)19/h2-6,8,10-11,13-14,16,19H,1,7,9,12H2,(H,22,23,24)/t14-,16-,19-/m0/s1. The fourth-order valence-corrected chi connectivity index (χ4v) is 4.18. The lowest BCUT2D eigenvalue weighted by molar-refractivity contribution is 0.562. The van der Waals surface area contributed by atoms with Gasteiger partial charge in [0.15, 0.2) is 0 Å². The van der Waals surface area contributed by atoms with Crippen molar-refractivity contribution in [3.05, 3.63) is 73.1 Å². The van der Waals surface area contributed by atoms with Gasteiger partial charge in [-0.2, -0.15) is 0 Å². The van der Waals surface area contributed by atoms with E-state index in [0.29, 0.717) is 18.0 Å². The van der Waals surface area contributed by atoms with E-state index in [9.17, 15) is 0 Å². The van der Waals surface area contributed by atoms with Gasteiger partial charge in [-0.1, -0.05) is 36.4 Å². The third-order valence-electron chi connectivity index (χ3n) is 5.46. The molecule has 2 aliphatic rings. The third kappa shape index (κ3) is 2.44. The monoisotopic (exact) mass is 329 g/mol. The van der Waals surface area contributed by atoms with Crippen molar-refractivity contribution in [2.45, 2.75) is 31.3 Å². The summed E-state index contributed by atoms with van der Waals surface area (Å²) < 4.78 is 2.24. The number of allylic oxidation sites excluding steroid dienone is 2. The quantitative estimate of drug-likeness (QED) is 0.720. The highest BCUT2D eigenvalue weighted by Crippen LogP contribution is 2.36. The van der Waals surface area contributed by atoms with E-state index in [1.807, 2.05) is 0 Å². The van der Waals surface area contributed by atoms with Crippen molar-refractivity contribution in [3.8, 4) is 0 Å². The molecule has 2 heterocycles. The van der Waals surface area contributed by atoms with Crippen LogP contribution in [0.25, 0.3) is 11.0 Å². The van der Waals surface area contributed by atoms with E-state index in [1.54, 1.807) is 6.33 Å². The molecule has 0 bridgehead atoms. The van der Waals surface area contributed by atoms with E-state index >= 15 is 0 Å². The summed E-state index contributed by atoms with van der Waals surface area (Å²) in [5, 5.41) is 4.75. The van der Waals surface area contributed by atoms with E-state index in [-0.39, 0.29) is 0 Å². The Morgan fingerprint density at radius 1 is 1.12 bits per heavy atom. The number of aromatic nitrogens is 3. The maximum absolute atomic E-state index is 4.55. The summed E-state index contributed by atoms with van der Waals surface area (Å²) in [6, 6.07) is 11.5. The van der Waals surface area contributed by atoms with Crippen LogP contribution in [-0.2, 0) is 6.42 Å². The van der Waals surface area contributed by atoms with Crippen LogP contribution in [0.15, 0.2) is 55.0 Å². The van der Waals surface area contributed by atoms with Crippen LogP contribution in [0.4, 0.5) is 5.82 Å². The molecule has 1 radical (unpaired) electrons. The second-order valence-corrected chi connectivity index (χ2v) is 7.07. The van der Waals surface area contributed by atoms with Crippen LogP contribution < -0.4 is 5.32 Å². The minimum Gasteiger partial charge on any atom is -0.363 e. The molecule has 0 aliphatic heterocycles. The normalized spacial score (nSPS) is 24.8. The molecule has 0 amide bonds. The Labute approximate surface area is 147 Å². The summed E-state index contributed by atoms with van der Waals surface area (Å²) in [5.41, 5.74) is 3.83. The van der Waals surface area contributed by atoms with Gasteiger partial charge >= 0.3 is 0 Å². The van der Waals surface area contributed by atoms with Crippen LogP contribution in [0, 0.1) is 12.8 Å². The van der Waals surface area contributed by atoms with Gasteiger partial charge in [-0.15, -0.1) is 0 Å². The smallest absolute Gasteiger partial charge is 0.146 e. The summed E-state index contributed by atoms with van der Waals surface area (Å²) in [4.78, 5) is 9.08. The average molecular weight is 329 g/mol. The van der Waals surface area contributed by atoms with Gasteiger partial charge < -0.3 is 9.88 Å². The lowest BCUT2D eigenvalue weighted by Crippen LogP contribution is -2.10. The zero-order valence-corrected chi connectivity index (χ0v) is 14.1. The number of hydrogen-bond donors (Lipinski definition) is 1. The first-order valence-corrected chi connectivity index (χ1v) is 8.97. The van der Waals surface area contributed by atoms with Gasteiger partial charge in [0, 0.05) is 6.20 Å². The van der Waals surface area contributed by atoms with Crippen LogP contribution in [0.5, 0.6) is 0 Å². The maximum Gasteiger partial charge on any atom is 0.146 e. The number of anilines is 1. The lowest BCUT2D eigenvalue weighted by atomic mass is 10.1. The Hall–Kier alpha value is -2.62. The van der Waals surface area contributed by atoms with E-state index in [1.165, 1.54) is 11.1 Å². The van der Waals surface area contributed by atoms with Crippen LogP contribution in [-0.4, -0.2) is 14.5 Å². The van der Waals surface area contributed by atoms with Crippen molar-refractivity contribution in [2.24, 2.45) is 5.92 Å². The Bertz CT molecular complexity index is 955. The fourth-order valence-electron chi connectivity index (χ4n) is 4.18. The second kappa shape index (κ2) is 5.73. The number of nitrogens with zero attached hydrogens (tertiary/aromatic N) is 3. The zero-order chi connectivity index (χ0) is 16.8. The second-order valence-electron chi connectivity index (χ2n) is 7.07. The Morgan fingerprint density at radius 2 is 2.04 bits per heavy atom. The summed E-state index contributed by atoms with van der Waals surface area (Å²) in [6.45, 7) is 4.14. The molecule has 2 aromatic heterocycles. The van der Waals surface area contributed by atoms with E-state index in [2.05, 4.69) is 75.5 Å². The number of nitrogens with one attached hydrogen (secondary N) is 1. The molecule has 5 rings (SSSR count). The average Bonchev–Trinajstić information content (AvgIpc) is 3.34. The molecule has 125 valence electrons. The molecule has 3 atom stereocenters. The van der Waals surface area contributed by atoms with Crippen molar-refractivity contribution in [1.82, 2.24) is 14.5 Å². The van der Waals surface area contributed by atoms with Crippen molar-refractivity contribution in [1.29, 1.82) is 0 Å². The number of fused-ring (bicyclic) bond motifs is 2. The van der Waals surface area contributed by atoms with E-state index in [0.717, 1.165) is 36.1 Å². The summed E-state index contributed by atoms with van der Waals surface area (Å²) in [7, 11) is 0. The first-order valence-electron chi connectivity index (χ1n) is 8.97. The van der Waals surface area contributed by atoms with Crippen LogP contribution in [0.1, 0.15) is 36.1 Å². The van der Waals surface area contributed by atoms with Crippen molar-refractivity contribution in [2.75, 3.05) is 5.32 Å². The molecule has 2 aliphatic carbocycles. The molecule has 4 heteroatoms. The molecule has 0 saturated carbocycles. The molecular formula is C21H21N4. The Balaban J connectivity index is 1.49. The van der Waals surface area contributed by atoms with Gasteiger partial charge in [0.1, 0.15) is 17.8 Å². The lowest BCUT2D eigenvalue weighted by Gasteiger charge is -2.16. The molecule has 3 aromatic rings. The number of benzene rings is 1. The molecule has 4 nitrogen and oxygen atoms in total. The van der Waals surface area contributed by atoms with Gasteiger partial charge in [-0.3, -0.25) is 0 Å². The topological polar surface area (TPSA) is 42.7 Å². The number of rotatable bonds is 3. The third-order valence-corrected chi connectivity index (χ3v) is 5.46. The summed E-state index contributed by atoms with van der Waals surface area (Å²) >= 11 is 0. The van der Waals surface area contributed by atoms with Gasteiger partial charge in [0.2, 0.25) is 0 Å². The molecule has 1 aromatic carbocycles. The minimum absolute atomic E-state index is 0.327. The predicted octanol–water partition coefficient (Wildman–Crippen LogP) is 4.48. The van der Waals surface area contributed by atoms with Crippen LogP contribution in [0.2, 0.25) is 0 Å². The summed E-state index contributed by atoms with van der Waals surface area (Å²) in [6.07, 6.45) is 11.5. The molecule has 0 spiro atoms. The number of hydrogen-bond acceptors (Lipinski definition) is 3. The Morgan fingerprint density at radius 3 is 2.92 bits per heavy atom. The van der Waals surface area contributed by atoms with Gasteiger partial charge in [0.25, 0.3) is 0 Å². The van der Waals surface area contributed by atoms with E-state index < -0.39 is 0 Å². The molecule has 0 unspecified atom stereocenters. The minimum atomic E-state index is 0.327.